The number of hydrogen-bond acceptors (Lipinski definition) is 4. The highest BCUT2D eigenvalue weighted by molar-refractivity contribution is 7.09. The number of anilines is 1. The van der Waals surface area contributed by atoms with Crippen molar-refractivity contribution in [2.45, 2.75) is 19.9 Å². The Balaban J connectivity index is 2.10. The van der Waals surface area contributed by atoms with Gasteiger partial charge in [0.05, 0.1) is 11.7 Å². The number of nitrogen functional groups attached to an aromatic ring is 1. The molecule has 1 amide bonds. The van der Waals surface area contributed by atoms with Gasteiger partial charge in [0.2, 0.25) is 0 Å². The molecule has 0 spiro atoms. The van der Waals surface area contributed by atoms with E-state index in [0.717, 1.165) is 10.7 Å². The summed E-state index contributed by atoms with van der Waals surface area (Å²) in [5.41, 5.74) is 7.76. The number of rotatable bonds is 3. The molecule has 0 radical (unpaired) electrons. The number of amides is 1. The first-order chi connectivity index (χ1) is 8.47. The summed E-state index contributed by atoms with van der Waals surface area (Å²) in [5.74, 6) is -0.144. The Kier molecular flexibility index (Phi) is 3.38. The topological polar surface area (TPSA) is 72.9 Å². The van der Waals surface area contributed by atoms with E-state index in [0.29, 0.717) is 11.4 Å². The first kappa shape index (κ1) is 12.6. The standard InChI is InChI=1S/C12H16N4OS/c1-7-6-18-12(14-7)8(2)15-11(17)10-4-9(13)5-16(10)3/h4-6,8H,13H2,1-3H3,(H,15,17). The summed E-state index contributed by atoms with van der Waals surface area (Å²) in [4.78, 5) is 16.4. The number of carbonyl (C=O) groups excluding carboxylic acids is 1. The first-order valence-corrected chi connectivity index (χ1v) is 6.50. The van der Waals surface area contributed by atoms with Crippen LogP contribution in [0.1, 0.15) is 34.2 Å². The molecular formula is C12H16N4OS. The van der Waals surface area contributed by atoms with Gasteiger partial charge in [-0.15, -0.1) is 11.3 Å². The predicted octanol–water partition coefficient (Wildman–Crippen LogP) is 1.86. The Morgan fingerprint density at radius 3 is 2.83 bits per heavy atom. The van der Waals surface area contributed by atoms with Crippen molar-refractivity contribution in [2.24, 2.45) is 7.05 Å². The molecule has 0 aliphatic rings. The lowest BCUT2D eigenvalue weighted by atomic mass is 10.3. The average Bonchev–Trinajstić information content (AvgIpc) is 2.84. The Hall–Kier alpha value is -1.82. The van der Waals surface area contributed by atoms with Gasteiger partial charge < -0.3 is 15.6 Å². The van der Waals surface area contributed by atoms with E-state index < -0.39 is 0 Å². The van der Waals surface area contributed by atoms with Crippen LogP contribution in [-0.4, -0.2) is 15.5 Å². The SMILES string of the molecule is Cc1csc(C(C)NC(=O)c2cc(N)cn2C)n1. The number of nitrogens with zero attached hydrogens (tertiary/aromatic N) is 2. The molecule has 2 aromatic heterocycles. The van der Waals surface area contributed by atoms with Crippen LogP contribution in [0, 0.1) is 6.92 Å². The lowest BCUT2D eigenvalue weighted by molar-refractivity contribution is 0.0931. The maximum Gasteiger partial charge on any atom is 0.268 e. The fraction of sp³-hybridized carbons (Fsp3) is 0.333. The summed E-state index contributed by atoms with van der Waals surface area (Å²) in [6, 6.07) is 1.56. The molecule has 6 heteroatoms. The lowest BCUT2D eigenvalue weighted by Crippen LogP contribution is -2.28. The Morgan fingerprint density at radius 2 is 2.33 bits per heavy atom. The van der Waals surface area contributed by atoms with Gasteiger partial charge >= 0.3 is 0 Å². The van der Waals surface area contributed by atoms with Crippen molar-refractivity contribution in [1.29, 1.82) is 0 Å². The van der Waals surface area contributed by atoms with E-state index in [-0.39, 0.29) is 11.9 Å². The molecule has 0 fully saturated rings. The molecule has 18 heavy (non-hydrogen) atoms. The normalized spacial score (nSPS) is 12.4. The predicted molar refractivity (Wildman–Crippen MR) is 72.6 cm³/mol. The van der Waals surface area contributed by atoms with Gasteiger partial charge in [0.25, 0.3) is 5.91 Å². The molecule has 0 aromatic carbocycles. The zero-order chi connectivity index (χ0) is 13.3. The quantitative estimate of drug-likeness (QED) is 0.888. The number of carbonyl (C=O) groups is 1. The van der Waals surface area contributed by atoms with Gasteiger partial charge in [-0.05, 0) is 19.9 Å². The minimum Gasteiger partial charge on any atom is -0.397 e. The molecule has 0 saturated heterocycles. The molecule has 1 atom stereocenters. The van der Waals surface area contributed by atoms with Gasteiger partial charge in [-0.3, -0.25) is 4.79 Å². The second-order valence-electron chi connectivity index (χ2n) is 4.29. The molecule has 2 aromatic rings. The van der Waals surface area contributed by atoms with E-state index in [2.05, 4.69) is 10.3 Å². The van der Waals surface area contributed by atoms with Crippen LogP contribution in [0.15, 0.2) is 17.6 Å². The lowest BCUT2D eigenvalue weighted by Gasteiger charge is -2.11. The summed E-state index contributed by atoms with van der Waals surface area (Å²) in [6.45, 7) is 3.86. The molecule has 2 rings (SSSR count). The van der Waals surface area contributed by atoms with Crippen LogP contribution in [0.4, 0.5) is 5.69 Å². The third-order valence-corrected chi connectivity index (χ3v) is 3.76. The van der Waals surface area contributed by atoms with E-state index in [9.17, 15) is 4.79 Å². The number of nitrogens with one attached hydrogen (secondary N) is 1. The summed E-state index contributed by atoms with van der Waals surface area (Å²) >= 11 is 1.55. The molecule has 0 aliphatic carbocycles. The summed E-state index contributed by atoms with van der Waals surface area (Å²) in [7, 11) is 1.80. The van der Waals surface area contributed by atoms with E-state index in [1.165, 1.54) is 0 Å². The van der Waals surface area contributed by atoms with Gasteiger partial charge in [0, 0.05) is 24.3 Å². The van der Waals surface area contributed by atoms with Gasteiger partial charge in [-0.1, -0.05) is 0 Å². The third kappa shape index (κ3) is 2.53. The van der Waals surface area contributed by atoms with E-state index in [1.54, 1.807) is 35.2 Å². The van der Waals surface area contributed by atoms with Crippen LogP contribution in [0.5, 0.6) is 0 Å². The Labute approximate surface area is 110 Å². The summed E-state index contributed by atoms with van der Waals surface area (Å²) in [6.07, 6.45) is 1.72. The molecule has 5 nitrogen and oxygen atoms in total. The minimum absolute atomic E-state index is 0.104. The maximum absolute atomic E-state index is 12.1. The number of nitrogens with two attached hydrogens (primary N) is 1. The largest absolute Gasteiger partial charge is 0.397 e. The number of aromatic nitrogens is 2. The number of thiazole rings is 1. The van der Waals surface area contributed by atoms with Crippen molar-refractivity contribution in [3.63, 3.8) is 0 Å². The van der Waals surface area contributed by atoms with Crippen LogP contribution in [0.3, 0.4) is 0 Å². The fourth-order valence-electron chi connectivity index (χ4n) is 1.72. The highest BCUT2D eigenvalue weighted by Crippen LogP contribution is 2.18. The molecule has 96 valence electrons. The molecule has 0 aliphatic heterocycles. The van der Waals surface area contributed by atoms with Crippen molar-refractivity contribution >= 4 is 22.9 Å². The molecule has 1 unspecified atom stereocenters. The van der Waals surface area contributed by atoms with Crippen LogP contribution in [0.2, 0.25) is 0 Å². The van der Waals surface area contributed by atoms with Crippen molar-refractivity contribution < 1.29 is 4.79 Å². The molecule has 0 bridgehead atoms. The van der Waals surface area contributed by atoms with Crippen LogP contribution < -0.4 is 11.1 Å². The molecular weight excluding hydrogens is 248 g/mol. The summed E-state index contributed by atoms with van der Waals surface area (Å²) < 4.78 is 1.71. The van der Waals surface area contributed by atoms with E-state index >= 15 is 0 Å². The Bertz CT molecular complexity index is 572. The van der Waals surface area contributed by atoms with Gasteiger partial charge in [-0.2, -0.15) is 0 Å². The third-order valence-electron chi connectivity index (χ3n) is 2.61. The van der Waals surface area contributed by atoms with Crippen molar-refractivity contribution in [3.05, 3.63) is 34.0 Å². The average molecular weight is 264 g/mol. The number of hydrogen-bond donors (Lipinski definition) is 2. The maximum atomic E-state index is 12.1. The van der Waals surface area contributed by atoms with Gasteiger partial charge in [0.15, 0.2) is 0 Å². The van der Waals surface area contributed by atoms with Gasteiger partial charge in [0.1, 0.15) is 10.7 Å². The van der Waals surface area contributed by atoms with Crippen molar-refractivity contribution in [1.82, 2.24) is 14.9 Å². The van der Waals surface area contributed by atoms with Crippen molar-refractivity contribution in [3.8, 4) is 0 Å². The van der Waals surface area contributed by atoms with Crippen LogP contribution in [-0.2, 0) is 7.05 Å². The highest BCUT2D eigenvalue weighted by atomic mass is 32.1. The second-order valence-corrected chi connectivity index (χ2v) is 5.18. The fourth-order valence-corrected chi connectivity index (χ4v) is 2.52. The molecule has 0 saturated carbocycles. The number of aryl methyl sites for hydroxylation is 2. The zero-order valence-corrected chi connectivity index (χ0v) is 11.4. The zero-order valence-electron chi connectivity index (χ0n) is 10.6. The monoisotopic (exact) mass is 264 g/mol. The van der Waals surface area contributed by atoms with Crippen molar-refractivity contribution in [2.75, 3.05) is 5.73 Å². The first-order valence-electron chi connectivity index (χ1n) is 5.62. The van der Waals surface area contributed by atoms with Crippen LogP contribution >= 0.6 is 11.3 Å². The molecule has 2 heterocycles. The van der Waals surface area contributed by atoms with E-state index in [1.807, 2.05) is 19.2 Å². The van der Waals surface area contributed by atoms with Gasteiger partial charge in [-0.25, -0.2) is 4.98 Å². The smallest absolute Gasteiger partial charge is 0.268 e. The Morgan fingerprint density at radius 1 is 1.61 bits per heavy atom. The van der Waals surface area contributed by atoms with E-state index in [4.69, 9.17) is 5.73 Å². The van der Waals surface area contributed by atoms with Crippen LogP contribution in [0.25, 0.3) is 0 Å². The highest BCUT2D eigenvalue weighted by Gasteiger charge is 2.16. The molecule has 3 N–H and O–H groups in total. The summed E-state index contributed by atoms with van der Waals surface area (Å²) in [5, 5.41) is 5.79. The second kappa shape index (κ2) is 4.81. The minimum atomic E-state index is -0.144.